The van der Waals surface area contributed by atoms with E-state index in [0.29, 0.717) is 16.5 Å². The lowest BCUT2D eigenvalue weighted by molar-refractivity contribution is -0.130. The van der Waals surface area contributed by atoms with Gasteiger partial charge in [-0.05, 0) is 37.3 Å². The first-order valence-electron chi connectivity index (χ1n) is 10.6. The number of anilines is 1. The molecular weight excluding hydrogens is 476 g/mol. The minimum atomic E-state index is -3.63. The number of nitrogens with zero attached hydrogens (tertiary/aromatic N) is 3. The molecule has 0 unspecified atom stereocenters. The Hall–Kier alpha value is -2.73. The van der Waals surface area contributed by atoms with E-state index in [0.717, 1.165) is 4.31 Å². The highest BCUT2D eigenvalue weighted by Gasteiger charge is 2.41. The SMILES string of the molecule is COC[C@H](C)N1C(=O)[C@@H](CC(=O)Nc2ccccc2)SC1=Nc1cccc(S(=O)(=O)N(C)C)c1. The smallest absolute Gasteiger partial charge is 0.243 e. The number of carbonyl (C=O) groups is 2. The van der Waals surface area contributed by atoms with E-state index < -0.39 is 15.3 Å². The van der Waals surface area contributed by atoms with Gasteiger partial charge in [0.2, 0.25) is 21.8 Å². The van der Waals surface area contributed by atoms with Gasteiger partial charge in [0.1, 0.15) is 5.25 Å². The van der Waals surface area contributed by atoms with Gasteiger partial charge < -0.3 is 10.1 Å². The fraction of sp³-hybridized carbons (Fsp3) is 0.348. The third kappa shape index (κ3) is 6.03. The van der Waals surface area contributed by atoms with Crippen LogP contribution in [0.15, 0.2) is 64.5 Å². The topological polar surface area (TPSA) is 108 Å². The van der Waals surface area contributed by atoms with Gasteiger partial charge in [0.05, 0.1) is 23.2 Å². The Labute approximate surface area is 204 Å². The number of carbonyl (C=O) groups excluding carboxylic acids is 2. The van der Waals surface area contributed by atoms with E-state index in [-0.39, 0.29) is 35.8 Å². The number of aliphatic imine (C=N–C) groups is 1. The molecule has 0 spiro atoms. The molecule has 1 aliphatic rings. The van der Waals surface area contributed by atoms with Crippen LogP contribution in [0.5, 0.6) is 0 Å². The number of amides is 2. The number of methoxy groups -OCH3 is 1. The zero-order valence-electron chi connectivity index (χ0n) is 19.5. The first-order valence-corrected chi connectivity index (χ1v) is 12.9. The van der Waals surface area contributed by atoms with Crippen LogP contribution in [0.1, 0.15) is 13.3 Å². The summed E-state index contributed by atoms with van der Waals surface area (Å²) in [5.74, 6) is -0.523. The molecule has 2 atom stereocenters. The van der Waals surface area contributed by atoms with Crippen LogP contribution in [0.4, 0.5) is 11.4 Å². The van der Waals surface area contributed by atoms with Crippen molar-refractivity contribution < 1.29 is 22.7 Å². The number of benzene rings is 2. The van der Waals surface area contributed by atoms with Crippen LogP contribution in [0.2, 0.25) is 0 Å². The van der Waals surface area contributed by atoms with Crippen molar-refractivity contribution in [1.29, 1.82) is 0 Å². The Morgan fingerprint density at radius 3 is 2.56 bits per heavy atom. The van der Waals surface area contributed by atoms with E-state index in [1.54, 1.807) is 31.4 Å². The van der Waals surface area contributed by atoms with Crippen molar-refractivity contribution in [3.05, 3.63) is 54.6 Å². The molecule has 0 aliphatic carbocycles. The number of hydrogen-bond acceptors (Lipinski definition) is 7. The molecule has 0 saturated carbocycles. The molecule has 11 heteroatoms. The summed E-state index contributed by atoms with van der Waals surface area (Å²) in [5.41, 5.74) is 1.04. The maximum absolute atomic E-state index is 13.2. The van der Waals surface area contributed by atoms with E-state index in [9.17, 15) is 18.0 Å². The first-order chi connectivity index (χ1) is 16.1. The summed E-state index contributed by atoms with van der Waals surface area (Å²) in [6.07, 6.45) is -0.0251. The number of amidine groups is 1. The third-order valence-electron chi connectivity index (χ3n) is 5.06. The van der Waals surface area contributed by atoms with Crippen molar-refractivity contribution in [2.75, 3.05) is 33.1 Å². The van der Waals surface area contributed by atoms with Crippen molar-refractivity contribution in [3.63, 3.8) is 0 Å². The van der Waals surface area contributed by atoms with Crippen molar-refractivity contribution >= 4 is 50.1 Å². The fourth-order valence-corrected chi connectivity index (χ4v) is 5.54. The minimum Gasteiger partial charge on any atom is -0.383 e. The number of para-hydroxylation sites is 1. The molecule has 1 fully saturated rings. The molecule has 1 heterocycles. The van der Waals surface area contributed by atoms with Gasteiger partial charge >= 0.3 is 0 Å². The summed E-state index contributed by atoms with van der Waals surface area (Å²) in [6.45, 7) is 2.11. The van der Waals surface area contributed by atoms with Crippen molar-refractivity contribution in [2.24, 2.45) is 4.99 Å². The molecule has 1 aliphatic heterocycles. The molecule has 182 valence electrons. The number of nitrogens with one attached hydrogen (secondary N) is 1. The summed E-state index contributed by atoms with van der Waals surface area (Å²) in [6, 6.07) is 14.9. The largest absolute Gasteiger partial charge is 0.383 e. The van der Waals surface area contributed by atoms with Crippen LogP contribution < -0.4 is 5.32 Å². The molecule has 2 amide bonds. The van der Waals surface area contributed by atoms with E-state index in [1.807, 2.05) is 25.1 Å². The molecule has 2 aromatic carbocycles. The van der Waals surface area contributed by atoms with Crippen LogP contribution in [-0.4, -0.2) is 73.7 Å². The highest BCUT2D eigenvalue weighted by Crippen LogP contribution is 2.34. The lowest BCUT2D eigenvalue weighted by Gasteiger charge is -2.23. The number of rotatable bonds is 9. The average molecular weight is 505 g/mol. The van der Waals surface area contributed by atoms with Crippen LogP contribution in [-0.2, 0) is 24.3 Å². The van der Waals surface area contributed by atoms with Gasteiger partial charge in [-0.1, -0.05) is 36.0 Å². The molecule has 2 aromatic rings. The number of sulfonamides is 1. The van der Waals surface area contributed by atoms with Gasteiger partial charge in [0, 0.05) is 33.3 Å². The van der Waals surface area contributed by atoms with Gasteiger partial charge in [-0.25, -0.2) is 17.7 Å². The van der Waals surface area contributed by atoms with E-state index >= 15 is 0 Å². The Balaban J connectivity index is 1.87. The van der Waals surface area contributed by atoms with Crippen LogP contribution in [0, 0.1) is 0 Å². The van der Waals surface area contributed by atoms with E-state index in [2.05, 4.69) is 10.3 Å². The molecule has 3 rings (SSSR count). The lowest BCUT2D eigenvalue weighted by Crippen LogP contribution is -2.42. The fourth-order valence-electron chi connectivity index (χ4n) is 3.35. The number of ether oxygens (including phenoxy) is 1. The van der Waals surface area contributed by atoms with Crippen LogP contribution in [0.3, 0.4) is 0 Å². The molecular formula is C23H28N4O5S2. The highest BCUT2D eigenvalue weighted by atomic mass is 32.2. The van der Waals surface area contributed by atoms with E-state index in [1.165, 1.54) is 42.9 Å². The predicted molar refractivity (Wildman–Crippen MR) is 134 cm³/mol. The minimum absolute atomic E-state index is 0.0251. The van der Waals surface area contributed by atoms with Gasteiger partial charge in [0.25, 0.3) is 0 Å². The lowest BCUT2D eigenvalue weighted by atomic mass is 10.2. The monoisotopic (exact) mass is 504 g/mol. The molecule has 34 heavy (non-hydrogen) atoms. The molecule has 9 nitrogen and oxygen atoms in total. The van der Waals surface area contributed by atoms with Crippen molar-refractivity contribution in [3.8, 4) is 0 Å². The zero-order valence-corrected chi connectivity index (χ0v) is 21.1. The summed E-state index contributed by atoms with van der Waals surface area (Å²) in [4.78, 5) is 32.0. The first kappa shape index (κ1) is 25.9. The Morgan fingerprint density at radius 2 is 1.91 bits per heavy atom. The Morgan fingerprint density at radius 1 is 1.21 bits per heavy atom. The maximum atomic E-state index is 13.2. The van der Waals surface area contributed by atoms with Gasteiger partial charge in [-0.2, -0.15) is 0 Å². The second-order valence-corrected chi connectivity index (χ2v) is 11.2. The maximum Gasteiger partial charge on any atom is 0.243 e. The van der Waals surface area contributed by atoms with Crippen molar-refractivity contribution in [2.45, 2.75) is 29.5 Å². The van der Waals surface area contributed by atoms with Gasteiger partial charge in [0.15, 0.2) is 5.17 Å². The van der Waals surface area contributed by atoms with Gasteiger partial charge in [-0.15, -0.1) is 0 Å². The van der Waals surface area contributed by atoms with Crippen LogP contribution >= 0.6 is 11.8 Å². The molecule has 0 bridgehead atoms. The standard InChI is InChI=1S/C23H28N4O5S2/c1-16(15-32-4)27-22(29)20(14-21(28)24-17-9-6-5-7-10-17)33-23(27)25-18-11-8-12-19(13-18)34(30,31)26(2)3/h5-13,16,20H,14-15H2,1-4H3,(H,24,28)/t16-,20+/m0/s1. The van der Waals surface area contributed by atoms with Crippen LogP contribution in [0.25, 0.3) is 0 Å². The average Bonchev–Trinajstić information content (AvgIpc) is 3.09. The summed E-state index contributed by atoms with van der Waals surface area (Å²) in [5, 5.41) is 2.54. The number of thioether (sulfide) groups is 1. The second kappa shape index (κ2) is 11.1. The molecule has 1 saturated heterocycles. The van der Waals surface area contributed by atoms with Gasteiger partial charge in [-0.3, -0.25) is 14.5 Å². The highest BCUT2D eigenvalue weighted by molar-refractivity contribution is 8.15. The third-order valence-corrected chi connectivity index (χ3v) is 8.03. The summed E-state index contributed by atoms with van der Waals surface area (Å²) >= 11 is 1.18. The second-order valence-electron chi connectivity index (χ2n) is 7.92. The molecule has 0 radical (unpaired) electrons. The Kier molecular flexibility index (Phi) is 8.47. The normalized spacial score (nSPS) is 18.5. The zero-order chi connectivity index (χ0) is 24.9. The van der Waals surface area contributed by atoms with E-state index in [4.69, 9.17) is 4.74 Å². The summed E-state index contributed by atoms with van der Waals surface area (Å²) < 4.78 is 31.4. The molecule has 0 aromatic heterocycles. The quantitative estimate of drug-likeness (QED) is 0.563. The molecule has 1 N–H and O–H groups in total. The predicted octanol–water partition coefficient (Wildman–Crippen LogP) is 2.93. The Bertz CT molecular complexity index is 1170. The summed E-state index contributed by atoms with van der Waals surface area (Å²) in [7, 11) is 0.822. The number of hydrogen-bond donors (Lipinski definition) is 1. The van der Waals surface area contributed by atoms with Crippen molar-refractivity contribution in [1.82, 2.24) is 9.21 Å².